The van der Waals surface area contributed by atoms with E-state index in [9.17, 15) is 4.79 Å². The zero-order chi connectivity index (χ0) is 15.7. The molecule has 0 radical (unpaired) electrons. The van der Waals surface area contributed by atoms with Crippen LogP contribution in [0, 0.1) is 0 Å². The van der Waals surface area contributed by atoms with Crippen LogP contribution < -0.4 is 16.4 Å². The largest absolute Gasteiger partial charge is 0.396 e. The number of nitrogens with two attached hydrogens (primary N) is 2. The summed E-state index contributed by atoms with van der Waals surface area (Å²) in [6.45, 7) is 7.75. The maximum Gasteiger partial charge on any atom is 0.250 e. The van der Waals surface area contributed by atoms with Crippen molar-refractivity contribution in [1.29, 1.82) is 0 Å². The van der Waals surface area contributed by atoms with Crippen LogP contribution >= 0.6 is 0 Å². The number of primary amides is 1. The SMILES string of the molecule is CCOCCN(CCOCC)c1cccc(C(N)=O)c1N. The van der Waals surface area contributed by atoms with Gasteiger partial charge in [0.1, 0.15) is 0 Å². The van der Waals surface area contributed by atoms with E-state index in [4.69, 9.17) is 20.9 Å². The minimum absolute atomic E-state index is 0.338. The third-order valence-electron chi connectivity index (χ3n) is 3.11. The highest BCUT2D eigenvalue weighted by molar-refractivity contribution is 6.00. The summed E-state index contributed by atoms with van der Waals surface area (Å²) in [6, 6.07) is 5.28. The molecule has 0 unspecified atom stereocenters. The van der Waals surface area contributed by atoms with Gasteiger partial charge in [0.05, 0.1) is 30.2 Å². The summed E-state index contributed by atoms with van der Waals surface area (Å²) < 4.78 is 10.8. The number of carbonyl (C=O) groups excluding carboxylic acids is 1. The van der Waals surface area contributed by atoms with E-state index in [-0.39, 0.29) is 0 Å². The van der Waals surface area contributed by atoms with Crippen molar-refractivity contribution in [3.63, 3.8) is 0 Å². The zero-order valence-electron chi connectivity index (χ0n) is 12.8. The molecule has 6 nitrogen and oxygen atoms in total. The summed E-state index contributed by atoms with van der Waals surface area (Å²) in [4.78, 5) is 13.4. The Kier molecular flexibility index (Phi) is 7.56. The summed E-state index contributed by atoms with van der Waals surface area (Å²) in [5.41, 5.74) is 12.9. The summed E-state index contributed by atoms with van der Waals surface area (Å²) >= 11 is 0. The van der Waals surface area contributed by atoms with E-state index in [1.807, 2.05) is 24.8 Å². The Balaban J connectivity index is 2.89. The number of rotatable bonds is 10. The lowest BCUT2D eigenvalue weighted by atomic mass is 10.1. The molecule has 0 spiro atoms. The van der Waals surface area contributed by atoms with Gasteiger partial charge < -0.3 is 25.8 Å². The van der Waals surface area contributed by atoms with Crippen molar-refractivity contribution in [3.8, 4) is 0 Å². The zero-order valence-corrected chi connectivity index (χ0v) is 12.8. The highest BCUT2D eigenvalue weighted by atomic mass is 16.5. The van der Waals surface area contributed by atoms with Crippen molar-refractivity contribution in [1.82, 2.24) is 0 Å². The molecule has 0 aromatic heterocycles. The Labute approximate surface area is 126 Å². The van der Waals surface area contributed by atoms with Gasteiger partial charge in [-0.15, -0.1) is 0 Å². The fourth-order valence-electron chi connectivity index (χ4n) is 2.03. The highest BCUT2D eigenvalue weighted by Crippen LogP contribution is 2.26. The number of nitrogens with zero attached hydrogens (tertiary/aromatic N) is 1. The van der Waals surface area contributed by atoms with E-state index in [1.165, 1.54) is 0 Å². The average Bonchev–Trinajstić information content (AvgIpc) is 2.46. The predicted octanol–water partition coefficient (Wildman–Crippen LogP) is 1.25. The Bertz CT molecular complexity index is 442. The smallest absolute Gasteiger partial charge is 0.250 e. The maximum absolute atomic E-state index is 11.4. The molecule has 6 heteroatoms. The first-order chi connectivity index (χ1) is 10.1. The number of anilines is 2. The van der Waals surface area contributed by atoms with Crippen molar-refractivity contribution in [2.75, 3.05) is 50.2 Å². The molecule has 1 amide bonds. The molecule has 1 rings (SSSR count). The van der Waals surface area contributed by atoms with Crippen LogP contribution in [0.3, 0.4) is 0 Å². The molecule has 0 saturated carbocycles. The fraction of sp³-hybridized carbons (Fsp3) is 0.533. The Morgan fingerprint density at radius 3 is 2.19 bits per heavy atom. The second-order valence-electron chi connectivity index (χ2n) is 4.48. The Morgan fingerprint density at radius 1 is 1.14 bits per heavy atom. The maximum atomic E-state index is 11.4. The Hall–Kier alpha value is -1.79. The number of carbonyl (C=O) groups is 1. The van der Waals surface area contributed by atoms with Crippen LogP contribution in [0.1, 0.15) is 24.2 Å². The summed E-state index contributed by atoms with van der Waals surface area (Å²) in [7, 11) is 0. The number of nitrogen functional groups attached to an aromatic ring is 1. The number of hydrogen-bond acceptors (Lipinski definition) is 5. The van der Waals surface area contributed by atoms with Crippen LogP contribution in [-0.4, -0.2) is 45.4 Å². The van der Waals surface area contributed by atoms with Crippen LogP contribution in [0.25, 0.3) is 0 Å². The molecule has 0 fully saturated rings. The topological polar surface area (TPSA) is 90.8 Å². The van der Waals surface area contributed by atoms with Crippen LogP contribution in [0.5, 0.6) is 0 Å². The van der Waals surface area contributed by atoms with E-state index in [1.54, 1.807) is 12.1 Å². The van der Waals surface area contributed by atoms with Crippen LogP contribution in [0.4, 0.5) is 11.4 Å². The molecule has 1 aromatic carbocycles. The molecule has 0 heterocycles. The molecule has 118 valence electrons. The van der Waals surface area contributed by atoms with Gasteiger partial charge in [-0.1, -0.05) is 6.07 Å². The van der Waals surface area contributed by atoms with E-state index in [2.05, 4.69) is 0 Å². The van der Waals surface area contributed by atoms with Gasteiger partial charge in [-0.2, -0.15) is 0 Å². The lowest BCUT2D eigenvalue weighted by molar-refractivity contribution is 0.100. The third-order valence-corrected chi connectivity index (χ3v) is 3.11. The van der Waals surface area contributed by atoms with Crippen molar-refractivity contribution in [2.24, 2.45) is 5.73 Å². The molecule has 0 aliphatic rings. The second-order valence-corrected chi connectivity index (χ2v) is 4.48. The van der Waals surface area contributed by atoms with Gasteiger partial charge in [0.2, 0.25) is 0 Å². The number of amides is 1. The van der Waals surface area contributed by atoms with Gasteiger partial charge in [-0.3, -0.25) is 4.79 Å². The standard InChI is InChI=1S/C15H25N3O3/c1-3-20-10-8-18(9-11-21-4-2)13-7-5-6-12(14(13)16)15(17)19/h5-7H,3-4,8-11,16H2,1-2H3,(H2,17,19). The fourth-order valence-corrected chi connectivity index (χ4v) is 2.03. The molecule has 0 bridgehead atoms. The predicted molar refractivity (Wildman–Crippen MR) is 84.6 cm³/mol. The van der Waals surface area contributed by atoms with Gasteiger partial charge in [-0.25, -0.2) is 0 Å². The van der Waals surface area contributed by atoms with Gasteiger partial charge in [0, 0.05) is 26.3 Å². The number of benzene rings is 1. The molecule has 0 aliphatic carbocycles. The van der Waals surface area contributed by atoms with E-state index < -0.39 is 5.91 Å². The van der Waals surface area contributed by atoms with Crippen molar-refractivity contribution in [2.45, 2.75) is 13.8 Å². The van der Waals surface area contributed by atoms with E-state index in [0.717, 1.165) is 5.69 Å². The van der Waals surface area contributed by atoms with Gasteiger partial charge >= 0.3 is 0 Å². The molecule has 4 N–H and O–H groups in total. The first-order valence-electron chi connectivity index (χ1n) is 7.20. The molecule has 0 atom stereocenters. The number of hydrogen-bond donors (Lipinski definition) is 2. The summed E-state index contributed by atoms with van der Waals surface area (Å²) in [5.74, 6) is -0.524. The van der Waals surface area contributed by atoms with Gasteiger partial charge in [0.15, 0.2) is 0 Å². The molecule has 1 aromatic rings. The summed E-state index contributed by atoms with van der Waals surface area (Å²) in [6.07, 6.45) is 0. The average molecular weight is 295 g/mol. The van der Waals surface area contributed by atoms with Crippen molar-refractivity contribution < 1.29 is 14.3 Å². The molecular weight excluding hydrogens is 270 g/mol. The van der Waals surface area contributed by atoms with Crippen LogP contribution in [0.2, 0.25) is 0 Å². The first kappa shape index (κ1) is 17.3. The summed E-state index contributed by atoms with van der Waals surface area (Å²) in [5, 5.41) is 0. The number of para-hydroxylation sites is 1. The number of ether oxygens (including phenoxy) is 2. The third kappa shape index (κ3) is 5.24. The second kappa shape index (κ2) is 9.20. The van der Waals surface area contributed by atoms with Crippen LogP contribution in [0.15, 0.2) is 18.2 Å². The van der Waals surface area contributed by atoms with Crippen molar-refractivity contribution in [3.05, 3.63) is 23.8 Å². The molecule has 21 heavy (non-hydrogen) atoms. The van der Waals surface area contributed by atoms with Gasteiger partial charge in [0.25, 0.3) is 5.91 Å². The normalized spacial score (nSPS) is 10.6. The van der Waals surface area contributed by atoms with E-state index in [0.29, 0.717) is 50.8 Å². The quantitative estimate of drug-likeness (QED) is 0.501. The van der Waals surface area contributed by atoms with Gasteiger partial charge in [-0.05, 0) is 26.0 Å². The Morgan fingerprint density at radius 2 is 1.71 bits per heavy atom. The van der Waals surface area contributed by atoms with Crippen LogP contribution in [-0.2, 0) is 9.47 Å². The molecule has 0 aliphatic heterocycles. The highest BCUT2D eigenvalue weighted by Gasteiger charge is 2.14. The molecule has 0 saturated heterocycles. The van der Waals surface area contributed by atoms with Crippen molar-refractivity contribution >= 4 is 17.3 Å². The lowest BCUT2D eigenvalue weighted by Gasteiger charge is -2.26. The minimum atomic E-state index is -0.524. The first-order valence-corrected chi connectivity index (χ1v) is 7.20. The monoisotopic (exact) mass is 295 g/mol. The van der Waals surface area contributed by atoms with E-state index >= 15 is 0 Å². The molecular formula is C15H25N3O3. The minimum Gasteiger partial charge on any atom is -0.396 e. The lowest BCUT2D eigenvalue weighted by Crippen LogP contribution is -2.32.